The Balaban J connectivity index is 2.17. The standard InChI is InChI=1S/C21H22N/c1-15-11-16(2)13-19(12-15)18-9-10-22(4)21(14-18)20-8-6-5-7-17(20)3/h5-14H,1-4H3/q+1. The highest BCUT2D eigenvalue weighted by Gasteiger charge is 2.13. The van der Waals surface area contributed by atoms with Gasteiger partial charge in [-0.1, -0.05) is 47.5 Å². The van der Waals surface area contributed by atoms with Crippen LogP contribution in [0.25, 0.3) is 22.4 Å². The Labute approximate surface area is 132 Å². The first-order chi connectivity index (χ1) is 10.5. The SMILES string of the molecule is Cc1cc(C)cc(-c2cc[n+](C)c(-c3ccccc3C)c2)c1. The third kappa shape index (κ3) is 2.80. The van der Waals surface area contributed by atoms with Gasteiger partial charge in [-0.2, -0.15) is 0 Å². The smallest absolute Gasteiger partial charge is 0.201 e. The molecule has 0 fully saturated rings. The maximum absolute atomic E-state index is 2.29. The van der Waals surface area contributed by atoms with Gasteiger partial charge in [-0.25, -0.2) is 4.57 Å². The van der Waals surface area contributed by atoms with Crippen molar-refractivity contribution in [1.29, 1.82) is 0 Å². The molecule has 0 amide bonds. The highest BCUT2D eigenvalue weighted by Crippen LogP contribution is 2.26. The summed E-state index contributed by atoms with van der Waals surface area (Å²) in [6.07, 6.45) is 2.15. The van der Waals surface area contributed by atoms with Crippen molar-refractivity contribution in [2.75, 3.05) is 0 Å². The third-order valence-electron chi connectivity index (χ3n) is 4.13. The molecule has 0 aliphatic heterocycles. The molecule has 1 aromatic heterocycles. The summed E-state index contributed by atoms with van der Waals surface area (Å²) >= 11 is 0. The summed E-state index contributed by atoms with van der Waals surface area (Å²) in [5.74, 6) is 0. The summed E-state index contributed by atoms with van der Waals surface area (Å²) in [4.78, 5) is 0. The van der Waals surface area contributed by atoms with Gasteiger partial charge in [-0.15, -0.1) is 0 Å². The number of hydrogen-bond acceptors (Lipinski definition) is 0. The highest BCUT2D eigenvalue weighted by molar-refractivity contribution is 5.70. The summed E-state index contributed by atoms with van der Waals surface area (Å²) in [5, 5.41) is 0. The van der Waals surface area contributed by atoms with Gasteiger partial charge < -0.3 is 0 Å². The van der Waals surface area contributed by atoms with Crippen molar-refractivity contribution in [2.45, 2.75) is 20.8 Å². The summed E-state index contributed by atoms with van der Waals surface area (Å²) < 4.78 is 2.19. The number of rotatable bonds is 2. The van der Waals surface area contributed by atoms with Crippen LogP contribution in [-0.2, 0) is 7.05 Å². The molecule has 0 atom stereocenters. The molecule has 1 nitrogen and oxygen atoms in total. The number of benzene rings is 2. The van der Waals surface area contributed by atoms with E-state index in [2.05, 4.69) is 93.2 Å². The first-order valence-electron chi connectivity index (χ1n) is 7.69. The largest absolute Gasteiger partial charge is 0.213 e. The van der Waals surface area contributed by atoms with Crippen molar-refractivity contribution >= 4 is 0 Å². The van der Waals surface area contributed by atoms with Crippen LogP contribution in [0.15, 0.2) is 60.8 Å². The van der Waals surface area contributed by atoms with Crippen molar-refractivity contribution in [3.05, 3.63) is 77.5 Å². The molecule has 0 aliphatic carbocycles. The van der Waals surface area contributed by atoms with E-state index in [-0.39, 0.29) is 0 Å². The predicted molar refractivity (Wildman–Crippen MR) is 92.7 cm³/mol. The third-order valence-corrected chi connectivity index (χ3v) is 4.13. The minimum atomic E-state index is 1.25. The maximum atomic E-state index is 2.29. The van der Waals surface area contributed by atoms with E-state index in [4.69, 9.17) is 0 Å². The van der Waals surface area contributed by atoms with Gasteiger partial charge in [-0.3, -0.25) is 0 Å². The number of aryl methyl sites for hydroxylation is 4. The van der Waals surface area contributed by atoms with Gasteiger partial charge in [0.2, 0.25) is 5.69 Å². The van der Waals surface area contributed by atoms with Gasteiger partial charge in [-0.05, 0) is 43.5 Å². The predicted octanol–water partition coefficient (Wildman–Crippen LogP) is 4.77. The number of nitrogens with zero attached hydrogens (tertiary/aromatic N) is 1. The lowest BCUT2D eigenvalue weighted by atomic mass is 9.98. The lowest BCUT2D eigenvalue weighted by molar-refractivity contribution is -0.660. The van der Waals surface area contributed by atoms with Crippen LogP contribution in [0.5, 0.6) is 0 Å². The van der Waals surface area contributed by atoms with Crippen LogP contribution in [0.2, 0.25) is 0 Å². The molecule has 22 heavy (non-hydrogen) atoms. The molecular weight excluding hydrogens is 266 g/mol. The lowest BCUT2D eigenvalue weighted by Crippen LogP contribution is -2.30. The van der Waals surface area contributed by atoms with Crippen LogP contribution in [0.4, 0.5) is 0 Å². The minimum Gasteiger partial charge on any atom is -0.201 e. The fraction of sp³-hybridized carbons (Fsp3) is 0.190. The fourth-order valence-corrected chi connectivity index (χ4v) is 3.02. The monoisotopic (exact) mass is 288 g/mol. The van der Waals surface area contributed by atoms with E-state index in [1.165, 1.54) is 39.1 Å². The lowest BCUT2D eigenvalue weighted by Gasteiger charge is -2.08. The molecule has 2 aromatic carbocycles. The molecule has 1 heterocycles. The van der Waals surface area contributed by atoms with Crippen molar-refractivity contribution < 1.29 is 4.57 Å². The number of pyridine rings is 1. The van der Waals surface area contributed by atoms with Gasteiger partial charge in [0, 0.05) is 17.7 Å². The van der Waals surface area contributed by atoms with E-state index in [0.717, 1.165) is 0 Å². The van der Waals surface area contributed by atoms with E-state index in [1.54, 1.807) is 0 Å². The van der Waals surface area contributed by atoms with Crippen LogP contribution >= 0.6 is 0 Å². The van der Waals surface area contributed by atoms with Crippen molar-refractivity contribution in [3.8, 4) is 22.4 Å². The molecule has 0 saturated carbocycles. The highest BCUT2D eigenvalue weighted by atomic mass is 14.9. The van der Waals surface area contributed by atoms with Crippen LogP contribution < -0.4 is 4.57 Å². The van der Waals surface area contributed by atoms with Gasteiger partial charge in [0.05, 0.1) is 0 Å². The van der Waals surface area contributed by atoms with E-state index >= 15 is 0 Å². The first kappa shape index (κ1) is 14.5. The molecule has 110 valence electrons. The second-order valence-electron chi connectivity index (χ2n) is 6.10. The molecule has 3 aromatic rings. The van der Waals surface area contributed by atoms with Gasteiger partial charge in [0.15, 0.2) is 6.20 Å². The van der Waals surface area contributed by atoms with E-state index in [9.17, 15) is 0 Å². The zero-order chi connectivity index (χ0) is 15.7. The quantitative estimate of drug-likeness (QED) is 0.598. The van der Waals surface area contributed by atoms with Crippen molar-refractivity contribution in [2.24, 2.45) is 7.05 Å². The van der Waals surface area contributed by atoms with Crippen LogP contribution in [-0.4, -0.2) is 0 Å². The molecule has 0 aliphatic rings. The number of hydrogen-bond donors (Lipinski definition) is 0. The Morgan fingerprint density at radius 2 is 1.41 bits per heavy atom. The number of aromatic nitrogens is 1. The molecule has 0 saturated heterocycles. The molecule has 0 radical (unpaired) electrons. The molecule has 1 heteroatoms. The zero-order valence-corrected chi connectivity index (χ0v) is 13.7. The second-order valence-corrected chi connectivity index (χ2v) is 6.10. The fourth-order valence-electron chi connectivity index (χ4n) is 3.02. The van der Waals surface area contributed by atoms with Crippen molar-refractivity contribution in [1.82, 2.24) is 0 Å². The van der Waals surface area contributed by atoms with Gasteiger partial charge in [0.25, 0.3) is 0 Å². The van der Waals surface area contributed by atoms with Crippen LogP contribution in [0.3, 0.4) is 0 Å². The van der Waals surface area contributed by atoms with Crippen molar-refractivity contribution in [3.63, 3.8) is 0 Å². The zero-order valence-electron chi connectivity index (χ0n) is 13.7. The molecule has 0 N–H and O–H groups in total. The Hall–Kier alpha value is -2.41. The first-order valence-corrected chi connectivity index (χ1v) is 7.69. The van der Waals surface area contributed by atoms with Gasteiger partial charge >= 0.3 is 0 Å². The Morgan fingerprint density at radius 1 is 0.727 bits per heavy atom. The molecular formula is C21H22N+. The Morgan fingerprint density at radius 3 is 2.09 bits per heavy atom. The topological polar surface area (TPSA) is 3.88 Å². The minimum absolute atomic E-state index is 1.25. The average molecular weight is 288 g/mol. The van der Waals surface area contributed by atoms with Crippen LogP contribution in [0.1, 0.15) is 16.7 Å². The molecule has 3 rings (SSSR count). The molecule has 0 unspecified atom stereocenters. The summed E-state index contributed by atoms with van der Waals surface area (Å²) in [7, 11) is 2.10. The average Bonchev–Trinajstić information content (AvgIpc) is 2.47. The Bertz CT molecular complexity index is 811. The van der Waals surface area contributed by atoms with E-state index < -0.39 is 0 Å². The maximum Gasteiger partial charge on any atom is 0.213 e. The summed E-state index contributed by atoms with van der Waals surface area (Å²) in [5.41, 5.74) is 9.00. The van der Waals surface area contributed by atoms with E-state index in [1.807, 2.05) is 0 Å². The summed E-state index contributed by atoms with van der Waals surface area (Å²) in [6, 6.07) is 19.8. The molecule has 0 bridgehead atoms. The molecule has 0 spiro atoms. The van der Waals surface area contributed by atoms with Gasteiger partial charge in [0.1, 0.15) is 7.05 Å². The van der Waals surface area contributed by atoms with Crippen LogP contribution in [0, 0.1) is 20.8 Å². The van der Waals surface area contributed by atoms with E-state index in [0.29, 0.717) is 0 Å². The second kappa shape index (κ2) is 5.76. The summed E-state index contributed by atoms with van der Waals surface area (Å²) in [6.45, 7) is 6.47. The normalized spacial score (nSPS) is 10.7. The Kier molecular flexibility index (Phi) is 3.81.